The van der Waals surface area contributed by atoms with Crippen LogP contribution in [-0.4, -0.2) is 21.0 Å². The fraction of sp³-hybridized carbons (Fsp3) is 0.800. The lowest BCUT2D eigenvalue weighted by atomic mass is 10.1. The maximum atomic E-state index is 9.56. The molecule has 2 fully saturated rings. The number of hydrogen-bond donors (Lipinski definition) is 1. The highest BCUT2D eigenvalue weighted by atomic mass is 16.3. The van der Waals surface area contributed by atoms with Crippen molar-refractivity contribution >= 4 is 0 Å². The molecule has 2 aliphatic rings. The van der Waals surface area contributed by atoms with Gasteiger partial charge in [-0.25, -0.2) is 0 Å². The fourth-order valence-corrected chi connectivity index (χ4v) is 3.45. The Bertz CT molecular complexity index is 399. The summed E-state index contributed by atoms with van der Waals surface area (Å²) < 4.78 is 2.17. The van der Waals surface area contributed by atoms with Gasteiger partial charge in [0.05, 0.1) is 11.8 Å². The summed E-state index contributed by atoms with van der Waals surface area (Å²) in [6.07, 6.45) is 1.96. The van der Waals surface area contributed by atoms with Gasteiger partial charge in [0.25, 0.3) is 0 Å². The molecule has 3 nitrogen and oxygen atoms in total. The van der Waals surface area contributed by atoms with E-state index in [0.717, 1.165) is 30.4 Å². The maximum absolute atomic E-state index is 9.56. The summed E-state index contributed by atoms with van der Waals surface area (Å²) in [5.41, 5.74) is 2.52. The van der Waals surface area contributed by atoms with Crippen molar-refractivity contribution in [1.82, 2.24) is 9.78 Å². The van der Waals surface area contributed by atoms with E-state index in [4.69, 9.17) is 0 Å². The van der Waals surface area contributed by atoms with Crippen LogP contribution in [0.1, 0.15) is 63.9 Å². The van der Waals surface area contributed by atoms with E-state index in [0.29, 0.717) is 12.0 Å². The summed E-state index contributed by atoms with van der Waals surface area (Å²) in [7, 11) is 0. The normalized spacial score (nSPS) is 33.1. The molecule has 1 aromatic heterocycles. The van der Waals surface area contributed by atoms with Gasteiger partial charge in [0, 0.05) is 17.7 Å². The number of aryl methyl sites for hydroxylation is 1. The van der Waals surface area contributed by atoms with Crippen molar-refractivity contribution in [3.63, 3.8) is 0 Å². The van der Waals surface area contributed by atoms with Crippen molar-refractivity contribution in [2.75, 3.05) is 0 Å². The summed E-state index contributed by atoms with van der Waals surface area (Å²) in [5, 5.41) is 14.1. The highest BCUT2D eigenvalue weighted by Gasteiger charge is 2.57. The molecule has 0 spiro atoms. The minimum atomic E-state index is -0.0391. The zero-order valence-corrected chi connectivity index (χ0v) is 12.2. The van der Waals surface area contributed by atoms with Crippen molar-refractivity contribution in [2.45, 2.75) is 65.5 Å². The van der Waals surface area contributed by atoms with Crippen LogP contribution in [0.15, 0.2) is 6.07 Å². The number of nitrogens with zero attached hydrogens (tertiary/aromatic N) is 2. The van der Waals surface area contributed by atoms with E-state index in [-0.39, 0.29) is 6.10 Å². The third-order valence-electron chi connectivity index (χ3n) is 4.14. The molecule has 18 heavy (non-hydrogen) atoms. The summed E-state index contributed by atoms with van der Waals surface area (Å²) in [4.78, 5) is 0. The first kappa shape index (κ1) is 13.6. The predicted molar refractivity (Wildman–Crippen MR) is 73.7 cm³/mol. The number of fused-ring (bicyclic) bond motifs is 1. The van der Waals surface area contributed by atoms with Crippen molar-refractivity contribution in [1.29, 1.82) is 0 Å². The van der Waals surface area contributed by atoms with Crippen LogP contribution in [0.3, 0.4) is 0 Å². The van der Waals surface area contributed by atoms with E-state index in [1.165, 1.54) is 5.69 Å². The molecule has 2 saturated carbocycles. The van der Waals surface area contributed by atoms with Crippen molar-refractivity contribution in [3.05, 3.63) is 17.5 Å². The standard InChI is InChI=1S/C13H20N2O.C2H6/c1-7(2)15-12(4-8(3)14-15)13-10-5-9(16)6-11(10)13;1-2/h4,7,9-11,13,16H,5-6H2,1-3H3;1-2H3. The Morgan fingerprint density at radius 3 is 2.33 bits per heavy atom. The molecule has 2 atom stereocenters. The van der Waals surface area contributed by atoms with Gasteiger partial charge >= 0.3 is 0 Å². The smallest absolute Gasteiger partial charge is 0.0596 e. The van der Waals surface area contributed by atoms with Gasteiger partial charge in [-0.15, -0.1) is 0 Å². The lowest BCUT2D eigenvalue weighted by Gasteiger charge is -2.13. The number of aromatic nitrogens is 2. The minimum absolute atomic E-state index is 0.0391. The van der Waals surface area contributed by atoms with Crippen LogP contribution in [0.5, 0.6) is 0 Å². The van der Waals surface area contributed by atoms with Crippen LogP contribution in [0.25, 0.3) is 0 Å². The summed E-state index contributed by atoms with van der Waals surface area (Å²) in [5.74, 6) is 2.12. The molecule has 1 heterocycles. The van der Waals surface area contributed by atoms with Crippen LogP contribution >= 0.6 is 0 Å². The van der Waals surface area contributed by atoms with Gasteiger partial charge in [0.2, 0.25) is 0 Å². The average molecular weight is 250 g/mol. The molecule has 2 aliphatic carbocycles. The SMILES string of the molecule is CC.Cc1cc(C2C3CC(O)CC32)n(C(C)C)n1. The fourth-order valence-electron chi connectivity index (χ4n) is 3.45. The first-order chi connectivity index (χ1) is 8.58. The number of aliphatic hydroxyl groups is 1. The Labute approximate surface area is 110 Å². The van der Waals surface area contributed by atoms with Crippen molar-refractivity contribution in [2.24, 2.45) is 11.8 Å². The third-order valence-corrected chi connectivity index (χ3v) is 4.14. The Morgan fingerprint density at radius 2 is 1.83 bits per heavy atom. The third kappa shape index (κ3) is 2.20. The topological polar surface area (TPSA) is 38.0 Å². The van der Waals surface area contributed by atoms with Crippen LogP contribution in [0.2, 0.25) is 0 Å². The molecule has 3 heteroatoms. The lowest BCUT2D eigenvalue weighted by molar-refractivity contribution is 0.165. The predicted octanol–water partition coefficient (Wildman–Crippen LogP) is 3.28. The molecule has 0 saturated heterocycles. The van der Waals surface area contributed by atoms with Crippen molar-refractivity contribution in [3.8, 4) is 0 Å². The molecule has 3 rings (SSSR count). The highest BCUT2D eigenvalue weighted by Crippen LogP contribution is 2.63. The first-order valence-corrected chi connectivity index (χ1v) is 7.32. The van der Waals surface area contributed by atoms with Gasteiger partial charge in [0.15, 0.2) is 0 Å². The Kier molecular flexibility index (Phi) is 3.81. The van der Waals surface area contributed by atoms with Crippen LogP contribution in [0.4, 0.5) is 0 Å². The Balaban J connectivity index is 0.000000574. The summed E-state index contributed by atoms with van der Waals surface area (Å²) in [6.45, 7) is 10.4. The molecular weight excluding hydrogens is 224 g/mol. The summed E-state index contributed by atoms with van der Waals surface area (Å²) >= 11 is 0. The van der Waals surface area contributed by atoms with E-state index in [2.05, 4.69) is 36.6 Å². The van der Waals surface area contributed by atoms with Crippen molar-refractivity contribution < 1.29 is 5.11 Å². The molecule has 1 aromatic rings. The second kappa shape index (κ2) is 5.04. The molecule has 0 amide bonds. The number of rotatable bonds is 2. The quantitative estimate of drug-likeness (QED) is 0.874. The van der Waals surface area contributed by atoms with E-state index in [1.54, 1.807) is 0 Å². The van der Waals surface area contributed by atoms with Gasteiger partial charge in [0.1, 0.15) is 0 Å². The van der Waals surface area contributed by atoms with Gasteiger partial charge in [-0.1, -0.05) is 13.8 Å². The lowest BCUT2D eigenvalue weighted by Crippen LogP contribution is -2.10. The molecule has 0 aliphatic heterocycles. The van der Waals surface area contributed by atoms with E-state index >= 15 is 0 Å². The first-order valence-electron chi connectivity index (χ1n) is 7.32. The van der Waals surface area contributed by atoms with E-state index in [1.807, 2.05) is 13.8 Å². The zero-order chi connectivity index (χ0) is 13.4. The number of hydrogen-bond acceptors (Lipinski definition) is 2. The molecule has 0 aromatic carbocycles. The molecular formula is C15H26N2O. The largest absolute Gasteiger partial charge is 0.393 e. The van der Waals surface area contributed by atoms with Crippen LogP contribution in [-0.2, 0) is 0 Å². The van der Waals surface area contributed by atoms with Crippen LogP contribution < -0.4 is 0 Å². The Morgan fingerprint density at radius 1 is 1.28 bits per heavy atom. The highest BCUT2D eigenvalue weighted by molar-refractivity contribution is 5.26. The van der Waals surface area contributed by atoms with E-state index in [9.17, 15) is 5.11 Å². The molecule has 1 N–H and O–H groups in total. The second-order valence-electron chi connectivity index (χ2n) is 5.73. The maximum Gasteiger partial charge on any atom is 0.0596 e. The number of aliphatic hydroxyl groups excluding tert-OH is 1. The Hall–Kier alpha value is -0.830. The van der Waals surface area contributed by atoms with Gasteiger partial charge < -0.3 is 5.11 Å². The zero-order valence-electron chi connectivity index (χ0n) is 12.2. The average Bonchev–Trinajstić information content (AvgIpc) is 2.70. The minimum Gasteiger partial charge on any atom is -0.393 e. The monoisotopic (exact) mass is 250 g/mol. The van der Waals surface area contributed by atoms with E-state index < -0.39 is 0 Å². The molecule has 2 unspecified atom stereocenters. The van der Waals surface area contributed by atoms with Gasteiger partial charge in [-0.2, -0.15) is 5.10 Å². The molecule has 0 bridgehead atoms. The van der Waals surface area contributed by atoms with Gasteiger partial charge in [-0.3, -0.25) is 4.68 Å². The van der Waals surface area contributed by atoms with Crippen LogP contribution in [0, 0.1) is 18.8 Å². The van der Waals surface area contributed by atoms with Gasteiger partial charge in [-0.05, 0) is 51.5 Å². The second-order valence-corrected chi connectivity index (χ2v) is 5.73. The molecule has 102 valence electrons. The summed E-state index contributed by atoms with van der Waals surface area (Å²) in [6, 6.07) is 2.67. The molecule has 0 radical (unpaired) electrons.